The minimum Gasteiger partial charge on any atom is -0.481 e. The molecule has 4 nitrogen and oxygen atoms in total. The van der Waals surface area contributed by atoms with Crippen molar-refractivity contribution in [2.75, 3.05) is 0 Å². The quantitative estimate of drug-likeness (QED) is 0.102. The molecular weight excluding hydrogens is 442 g/mol. The van der Waals surface area contributed by atoms with Crippen molar-refractivity contribution in [1.82, 2.24) is 0 Å². The first-order valence-corrected chi connectivity index (χ1v) is 12.3. The number of hydrogen-bond acceptors (Lipinski definition) is 2. The van der Waals surface area contributed by atoms with Crippen molar-refractivity contribution in [1.29, 1.82) is 0 Å². The van der Waals surface area contributed by atoms with Crippen LogP contribution in [0.1, 0.15) is 129 Å². The van der Waals surface area contributed by atoms with Gasteiger partial charge in [0.25, 0.3) is 0 Å². The fraction of sp³-hybridized carbons (Fsp3) is 0.769. The number of rotatable bonds is 20. The molecule has 0 aliphatic rings. The van der Waals surface area contributed by atoms with Crippen molar-refractivity contribution in [2.45, 2.75) is 129 Å². The molecule has 0 unspecified atom stereocenters. The van der Waals surface area contributed by atoms with Gasteiger partial charge in [-0.25, -0.2) is 0 Å². The Hall–Kier alpha value is -0.957. The van der Waals surface area contributed by atoms with E-state index < -0.39 is 11.9 Å². The normalized spacial score (nSPS) is 10.6. The number of allylic oxidation sites excluding steroid dienone is 4. The van der Waals surface area contributed by atoms with Gasteiger partial charge in [-0.1, -0.05) is 76.7 Å². The molecule has 0 aromatic rings. The second-order valence-corrected chi connectivity index (χ2v) is 7.92. The molecule has 0 aromatic heterocycles. The first-order valence-electron chi connectivity index (χ1n) is 12.3. The zero-order valence-electron chi connectivity index (χ0n) is 20.5. The molecule has 31 heavy (non-hydrogen) atoms. The molecule has 0 aromatic carbocycles. The summed E-state index contributed by atoms with van der Waals surface area (Å²) in [6.07, 6.45) is 28.0. The van der Waals surface area contributed by atoms with E-state index in [2.05, 4.69) is 38.2 Å². The summed E-state index contributed by atoms with van der Waals surface area (Å²) in [5.74, 6) is -1.36. The number of unbranched alkanes of at least 4 members (excludes halogenated alkanes) is 12. The van der Waals surface area contributed by atoms with E-state index in [-0.39, 0.29) is 19.5 Å². The van der Waals surface area contributed by atoms with Gasteiger partial charge < -0.3 is 10.2 Å². The molecular formula is C26H48O4Zn. The molecule has 178 valence electrons. The van der Waals surface area contributed by atoms with Gasteiger partial charge in [0.2, 0.25) is 0 Å². The summed E-state index contributed by atoms with van der Waals surface area (Å²) in [6, 6.07) is 0. The summed E-state index contributed by atoms with van der Waals surface area (Å²) >= 11 is 0. The van der Waals surface area contributed by atoms with Gasteiger partial charge in [-0.3, -0.25) is 9.59 Å². The molecule has 0 bridgehead atoms. The molecule has 0 radical (unpaired) electrons. The van der Waals surface area contributed by atoms with Gasteiger partial charge in [0.15, 0.2) is 0 Å². The van der Waals surface area contributed by atoms with E-state index in [1.54, 1.807) is 0 Å². The molecule has 0 amide bonds. The van der Waals surface area contributed by atoms with E-state index in [1.807, 2.05) is 0 Å². The van der Waals surface area contributed by atoms with Crippen molar-refractivity contribution >= 4 is 11.9 Å². The Morgan fingerprint density at radius 1 is 0.516 bits per heavy atom. The molecule has 0 saturated heterocycles. The van der Waals surface area contributed by atoms with Crippen LogP contribution in [0.4, 0.5) is 0 Å². The Morgan fingerprint density at radius 3 is 1.06 bits per heavy atom. The summed E-state index contributed by atoms with van der Waals surface area (Å²) in [5, 5.41) is 16.8. The van der Waals surface area contributed by atoms with Crippen LogP contribution in [0.5, 0.6) is 0 Å². The van der Waals surface area contributed by atoms with Gasteiger partial charge >= 0.3 is 11.9 Å². The average molecular weight is 490 g/mol. The van der Waals surface area contributed by atoms with E-state index in [0.717, 1.165) is 38.5 Å². The minimum absolute atomic E-state index is 0. The van der Waals surface area contributed by atoms with Crippen molar-refractivity contribution in [2.24, 2.45) is 0 Å². The zero-order valence-corrected chi connectivity index (χ0v) is 23.4. The van der Waals surface area contributed by atoms with Crippen LogP contribution in [-0.2, 0) is 29.1 Å². The predicted molar refractivity (Wildman–Crippen MR) is 128 cm³/mol. The van der Waals surface area contributed by atoms with Gasteiger partial charge in [0.05, 0.1) is 0 Å². The molecule has 0 spiro atoms. The van der Waals surface area contributed by atoms with Crippen LogP contribution in [0.3, 0.4) is 0 Å². The first-order chi connectivity index (χ1) is 14.5. The third-order valence-corrected chi connectivity index (χ3v) is 4.80. The van der Waals surface area contributed by atoms with Crippen LogP contribution in [0.25, 0.3) is 0 Å². The molecule has 0 aliphatic carbocycles. The predicted octanol–water partition coefficient (Wildman–Crippen LogP) is 8.31. The molecule has 0 aliphatic heterocycles. The Balaban J connectivity index is -0.000000490. The second kappa shape index (κ2) is 31.2. The van der Waals surface area contributed by atoms with Crippen LogP contribution >= 0.6 is 0 Å². The summed E-state index contributed by atoms with van der Waals surface area (Å²) < 4.78 is 0. The monoisotopic (exact) mass is 488 g/mol. The number of hydrogen-bond donors (Lipinski definition) is 2. The first kappa shape index (κ1) is 34.7. The van der Waals surface area contributed by atoms with Crippen LogP contribution in [0, 0.1) is 0 Å². The molecule has 0 fully saturated rings. The molecule has 0 saturated carbocycles. The molecule has 5 heteroatoms. The maximum Gasteiger partial charge on any atom is 0.303 e. The van der Waals surface area contributed by atoms with E-state index in [4.69, 9.17) is 10.2 Å². The van der Waals surface area contributed by atoms with Crippen molar-refractivity contribution < 1.29 is 39.3 Å². The van der Waals surface area contributed by atoms with Gasteiger partial charge in [-0.15, -0.1) is 0 Å². The van der Waals surface area contributed by atoms with Gasteiger partial charge in [0, 0.05) is 32.3 Å². The third-order valence-electron chi connectivity index (χ3n) is 4.80. The van der Waals surface area contributed by atoms with Gasteiger partial charge in [-0.05, 0) is 64.2 Å². The third kappa shape index (κ3) is 40.0. The molecule has 0 heterocycles. The van der Waals surface area contributed by atoms with Crippen molar-refractivity contribution in [3.05, 3.63) is 24.3 Å². The van der Waals surface area contributed by atoms with Crippen molar-refractivity contribution in [3.63, 3.8) is 0 Å². The van der Waals surface area contributed by atoms with E-state index >= 15 is 0 Å². The maximum atomic E-state index is 10.2. The Morgan fingerprint density at radius 2 is 0.806 bits per heavy atom. The summed E-state index contributed by atoms with van der Waals surface area (Å²) in [7, 11) is 0. The topological polar surface area (TPSA) is 74.6 Å². The number of aliphatic carboxylic acids is 2. The van der Waals surface area contributed by atoms with Crippen molar-refractivity contribution in [3.8, 4) is 0 Å². The Bertz CT molecular complexity index is 393. The minimum atomic E-state index is -0.682. The van der Waals surface area contributed by atoms with E-state index in [1.165, 1.54) is 64.2 Å². The molecule has 2 N–H and O–H groups in total. The molecule has 0 atom stereocenters. The van der Waals surface area contributed by atoms with Gasteiger partial charge in [-0.2, -0.15) is 0 Å². The molecule has 0 rings (SSSR count). The van der Waals surface area contributed by atoms with Crippen LogP contribution in [-0.4, -0.2) is 22.2 Å². The smallest absolute Gasteiger partial charge is 0.303 e. The van der Waals surface area contributed by atoms with Crippen LogP contribution in [0.2, 0.25) is 0 Å². The second-order valence-electron chi connectivity index (χ2n) is 7.92. The summed E-state index contributed by atoms with van der Waals surface area (Å²) in [4.78, 5) is 20.4. The largest absolute Gasteiger partial charge is 0.481 e. The Kier molecular flexibility index (Phi) is 34.9. The van der Waals surface area contributed by atoms with E-state index in [0.29, 0.717) is 12.8 Å². The van der Waals surface area contributed by atoms with Crippen LogP contribution in [0.15, 0.2) is 24.3 Å². The number of carboxylic acids is 2. The summed E-state index contributed by atoms with van der Waals surface area (Å²) in [6.45, 7) is 4.44. The standard InChI is InChI=1S/2C13H24O2.Zn/c2*1-2-3-4-5-6-7-8-9-10-11-12-13(14)15;/h2*7-8H,2-6,9-12H2,1H3,(H,14,15);. The number of carboxylic acid groups (broad SMARTS) is 2. The fourth-order valence-electron chi connectivity index (χ4n) is 2.93. The zero-order chi connectivity index (χ0) is 22.7. The van der Waals surface area contributed by atoms with Gasteiger partial charge in [0.1, 0.15) is 0 Å². The fourth-order valence-corrected chi connectivity index (χ4v) is 2.93. The number of carbonyl (C=O) groups is 2. The Labute approximate surface area is 204 Å². The van der Waals surface area contributed by atoms with Crippen LogP contribution < -0.4 is 0 Å². The SMILES string of the molecule is CCCCCCC=CCCCCC(=O)O.CCCCCCC=CCCCCC(=O)O.[Zn]. The average Bonchev–Trinajstić information content (AvgIpc) is 2.71. The maximum absolute atomic E-state index is 10.2. The van der Waals surface area contributed by atoms with E-state index in [9.17, 15) is 9.59 Å². The summed E-state index contributed by atoms with van der Waals surface area (Å²) in [5.41, 5.74) is 0.